The Labute approximate surface area is 176 Å². The van der Waals surface area contributed by atoms with Gasteiger partial charge in [0.15, 0.2) is 10.9 Å². The number of rotatable bonds is 10. The summed E-state index contributed by atoms with van der Waals surface area (Å²) in [5.74, 6) is 2.27. The van der Waals surface area contributed by atoms with Gasteiger partial charge in [-0.15, -0.1) is 10.2 Å². The van der Waals surface area contributed by atoms with Crippen LogP contribution in [0.4, 0.5) is 0 Å². The Morgan fingerprint density at radius 2 is 1.90 bits per heavy atom. The van der Waals surface area contributed by atoms with Crippen LogP contribution in [-0.4, -0.2) is 32.5 Å². The molecule has 29 heavy (non-hydrogen) atoms. The molecule has 6 nitrogen and oxygen atoms in total. The molecule has 0 aliphatic carbocycles. The van der Waals surface area contributed by atoms with Crippen molar-refractivity contribution >= 4 is 17.7 Å². The van der Waals surface area contributed by atoms with Crippen molar-refractivity contribution in [1.82, 2.24) is 20.1 Å². The smallest absolute Gasteiger partial charge is 0.230 e. The minimum absolute atomic E-state index is 0.0139. The summed E-state index contributed by atoms with van der Waals surface area (Å²) in [5.41, 5.74) is 1.13. The summed E-state index contributed by atoms with van der Waals surface area (Å²) in [6, 6.07) is 14.0. The molecular weight excluding hydrogens is 384 g/mol. The lowest BCUT2D eigenvalue weighted by molar-refractivity contribution is -0.119. The molecule has 0 fully saturated rings. The van der Waals surface area contributed by atoms with Crippen LogP contribution in [0.1, 0.15) is 39.2 Å². The Bertz CT molecular complexity index is 891. The molecule has 0 spiro atoms. The van der Waals surface area contributed by atoms with Gasteiger partial charge in [0.1, 0.15) is 0 Å². The number of amides is 1. The van der Waals surface area contributed by atoms with Crippen LogP contribution >= 0.6 is 11.8 Å². The minimum Gasteiger partial charge on any atom is -0.461 e. The van der Waals surface area contributed by atoms with E-state index in [-0.39, 0.29) is 11.9 Å². The van der Waals surface area contributed by atoms with E-state index < -0.39 is 0 Å². The molecule has 1 aromatic carbocycles. The maximum Gasteiger partial charge on any atom is 0.230 e. The highest BCUT2D eigenvalue weighted by atomic mass is 32.2. The fourth-order valence-electron chi connectivity index (χ4n) is 2.99. The third kappa shape index (κ3) is 6.22. The first-order valence-electron chi connectivity index (χ1n) is 9.96. The van der Waals surface area contributed by atoms with E-state index in [1.807, 2.05) is 34.9 Å². The SMILES string of the molecule is CC(C)CC[C@H](C)NC(=O)CSc1nnc(-c2ccco2)n1Cc1ccccc1. The molecule has 1 N–H and O–H groups in total. The number of furan rings is 1. The molecule has 0 aliphatic heterocycles. The number of carbonyl (C=O) groups is 1. The van der Waals surface area contributed by atoms with Crippen molar-refractivity contribution in [1.29, 1.82) is 0 Å². The molecule has 0 bridgehead atoms. The second-order valence-electron chi connectivity index (χ2n) is 7.58. The number of hydrogen-bond donors (Lipinski definition) is 1. The number of benzene rings is 1. The molecule has 1 atom stereocenters. The van der Waals surface area contributed by atoms with Crippen molar-refractivity contribution in [3.63, 3.8) is 0 Å². The van der Waals surface area contributed by atoms with E-state index in [4.69, 9.17) is 4.42 Å². The lowest BCUT2D eigenvalue weighted by Crippen LogP contribution is -2.34. The summed E-state index contributed by atoms with van der Waals surface area (Å²) in [6.45, 7) is 7.05. The third-order valence-electron chi connectivity index (χ3n) is 4.56. The molecule has 1 amide bonds. The zero-order valence-corrected chi connectivity index (χ0v) is 18.0. The van der Waals surface area contributed by atoms with Gasteiger partial charge in [-0.25, -0.2) is 0 Å². The van der Waals surface area contributed by atoms with Crippen molar-refractivity contribution in [3.8, 4) is 11.6 Å². The van der Waals surface area contributed by atoms with Crippen LogP contribution in [0.5, 0.6) is 0 Å². The van der Waals surface area contributed by atoms with Crippen LogP contribution in [0.3, 0.4) is 0 Å². The standard InChI is InChI=1S/C22H28N4O2S/c1-16(2)11-12-17(3)23-20(27)15-29-22-25-24-21(19-10-7-13-28-19)26(22)14-18-8-5-4-6-9-18/h4-10,13,16-17H,11-12,14-15H2,1-3H3,(H,23,27)/t17-/m0/s1. The van der Waals surface area contributed by atoms with E-state index >= 15 is 0 Å². The molecular formula is C22H28N4O2S. The van der Waals surface area contributed by atoms with E-state index in [0.29, 0.717) is 35.0 Å². The third-order valence-corrected chi connectivity index (χ3v) is 5.53. The van der Waals surface area contributed by atoms with Crippen LogP contribution in [0.2, 0.25) is 0 Å². The maximum absolute atomic E-state index is 12.4. The van der Waals surface area contributed by atoms with Crippen molar-refractivity contribution in [2.24, 2.45) is 5.92 Å². The van der Waals surface area contributed by atoms with Crippen molar-refractivity contribution < 1.29 is 9.21 Å². The Balaban J connectivity index is 1.68. The fraction of sp³-hybridized carbons (Fsp3) is 0.409. The molecule has 2 heterocycles. The highest BCUT2D eigenvalue weighted by Crippen LogP contribution is 2.25. The molecule has 154 valence electrons. The quantitative estimate of drug-likeness (QED) is 0.492. The molecule has 7 heteroatoms. The minimum atomic E-state index is 0.0139. The predicted molar refractivity (Wildman–Crippen MR) is 116 cm³/mol. The number of thioether (sulfide) groups is 1. The van der Waals surface area contributed by atoms with Crippen LogP contribution in [-0.2, 0) is 11.3 Å². The van der Waals surface area contributed by atoms with Crippen LogP contribution in [0.25, 0.3) is 11.6 Å². The summed E-state index contributed by atoms with van der Waals surface area (Å²) in [6.07, 6.45) is 3.71. The van der Waals surface area contributed by atoms with Crippen molar-refractivity contribution in [2.45, 2.75) is 51.4 Å². The Hall–Kier alpha value is -2.54. The number of aromatic nitrogens is 3. The largest absolute Gasteiger partial charge is 0.461 e. The summed E-state index contributed by atoms with van der Waals surface area (Å²) in [4.78, 5) is 12.4. The van der Waals surface area contributed by atoms with E-state index in [9.17, 15) is 4.79 Å². The number of hydrogen-bond acceptors (Lipinski definition) is 5. The number of nitrogens with one attached hydrogen (secondary N) is 1. The van der Waals surface area contributed by atoms with Gasteiger partial charge in [0.05, 0.1) is 18.6 Å². The summed E-state index contributed by atoms with van der Waals surface area (Å²) in [7, 11) is 0. The normalized spacial score (nSPS) is 12.3. The second-order valence-corrected chi connectivity index (χ2v) is 8.53. The fourth-order valence-corrected chi connectivity index (χ4v) is 3.74. The van der Waals surface area contributed by atoms with Gasteiger partial charge in [0, 0.05) is 6.04 Å². The Kier molecular flexibility index (Phi) is 7.52. The van der Waals surface area contributed by atoms with Crippen LogP contribution < -0.4 is 5.32 Å². The lowest BCUT2D eigenvalue weighted by atomic mass is 10.0. The average Bonchev–Trinajstić information content (AvgIpc) is 3.35. The van der Waals surface area contributed by atoms with E-state index in [2.05, 4.69) is 48.4 Å². The second kappa shape index (κ2) is 10.3. The zero-order valence-electron chi connectivity index (χ0n) is 17.2. The molecule has 3 rings (SSSR count). The molecule has 0 aliphatic rings. The van der Waals surface area contributed by atoms with E-state index in [0.717, 1.165) is 18.4 Å². The van der Waals surface area contributed by atoms with E-state index in [1.165, 1.54) is 11.8 Å². The molecule has 0 saturated heterocycles. The van der Waals surface area contributed by atoms with Gasteiger partial charge in [0.25, 0.3) is 0 Å². The molecule has 2 aromatic heterocycles. The van der Waals surface area contributed by atoms with Crippen LogP contribution in [0.15, 0.2) is 58.3 Å². The average molecular weight is 413 g/mol. The molecule has 0 unspecified atom stereocenters. The molecule has 0 radical (unpaired) electrons. The summed E-state index contributed by atoms with van der Waals surface area (Å²) < 4.78 is 7.52. The molecule has 0 saturated carbocycles. The lowest BCUT2D eigenvalue weighted by Gasteiger charge is -2.15. The Morgan fingerprint density at radius 3 is 2.59 bits per heavy atom. The van der Waals surface area contributed by atoms with Crippen molar-refractivity contribution in [3.05, 3.63) is 54.3 Å². The van der Waals surface area contributed by atoms with E-state index in [1.54, 1.807) is 6.26 Å². The predicted octanol–water partition coefficient (Wildman–Crippen LogP) is 4.62. The summed E-state index contributed by atoms with van der Waals surface area (Å²) in [5, 5.41) is 12.4. The topological polar surface area (TPSA) is 73.0 Å². The van der Waals surface area contributed by atoms with Crippen LogP contribution in [0, 0.1) is 5.92 Å². The molecule has 3 aromatic rings. The number of nitrogens with zero attached hydrogens (tertiary/aromatic N) is 3. The van der Waals surface area contributed by atoms with Gasteiger partial charge in [-0.1, -0.05) is 55.9 Å². The van der Waals surface area contributed by atoms with Gasteiger partial charge < -0.3 is 9.73 Å². The first kappa shape index (κ1) is 21.2. The van der Waals surface area contributed by atoms with Crippen molar-refractivity contribution in [2.75, 3.05) is 5.75 Å². The summed E-state index contributed by atoms with van der Waals surface area (Å²) >= 11 is 1.39. The monoisotopic (exact) mass is 412 g/mol. The highest BCUT2D eigenvalue weighted by Gasteiger charge is 2.18. The number of carbonyl (C=O) groups excluding carboxylic acids is 1. The van der Waals surface area contributed by atoms with Gasteiger partial charge in [-0.3, -0.25) is 9.36 Å². The Morgan fingerprint density at radius 1 is 1.10 bits per heavy atom. The van der Waals surface area contributed by atoms with Gasteiger partial charge >= 0.3 is 0 Å². The van der Waals surface area contributed by atoms with Gasteiger partial charge in [0.2, 0.25) is 11.7 Å². The van der Waals surface area contributed by atoms with Gasteiger partial charge in [-0.2, -0.15) is 0 Å². The maximum atomic E-state index is 12.4. The first-order chi connectivity index (χ1) is 14.0. The highest BCUT2D eigenvalue weighted by molar-refractivity contribution is 7.99. The zero-order chi connectivity index (χ0) is 20.6. The van der Waals surface area contributed by atoms with Gasteiger partial charge in [-0.05, 0) is 43.4 Å². The first-order valence-corrected chi connectivity index (χ1v) is 10.9.